The number of amides is 2. The van der Waals surface area contributed by atoms with E-state index in [1.54, 1.807) is 0 Å². The second-order valence-corrected chi connectivity index (χ2v) is 10.3. The fraction of sp³-hybridized carbons (Fsp3) is 0.577. The van der Waals surface area contributed by atoms with Crippen molar-refractivity contribution in [2.75, 3.05) is 26.2 Å². The van der Waals surface area contributed by atoms with Gasteiger partial charge in [0.2, 0.25) is 5.91 Å². The van der Waals surface area contributed by atoms with Crippen molar-refractivity contribution in [3.05, 3.63) is 52.8 Å². The minimum Gasteiger partial charge on any atom is -0.370 e. The molecule has 0 bridgehead atoms. The van der Waals surface area contributed by atoms with Crippen LogP contribution in [0.4, 0.5) is 0 Å². The van der Waals surface area contributed by atoms with Crippen molar-refractivity contribution < 1.29 is 14.3 Å². The van der Waals surface area contributed by atoms with Gasteiger partial charge in [0.05, 0.1) is 17.6 Å². The highest BCUT2D eigenvalue weighted by Crippen LogP contribution is 2.50. The summed E-state index contributed by atoms with van der Waals surface area (Å²) in [5.74, 6) is 0.319. The highest BCUT2D eigenvalue weighted by atomic mass is 16.5. The lowest BCUT2D eigenvalue weighted by Gasteiger charge is -2.44. The monoisotopic (exact) mass is 448 g/mol. The lowest BCUT2D eigenvalue weighted by molar-refractivity contribution is -0.143. The topological polar surface area (TPSA) is 67.7 Å². The van der Waals surface area contributed by atoms with Gasteiger partial charge in [0.1, 0.15) is 0 Å². The average molecular weight is 449 g/mol. The van der Waals surface area contributed by atoms with Crippen LogP contribution in [0.2, 0.25) is 0 Å². The van der Waals surface area contributed by atoms with Crippen molar-refractivity contribution in [3.63, 3.8) is 0 Å². The molecule has 4 heterocycles. The summed E-state index contributed by atoms with van der Waals surface area (Å²) in [6.07, 6.45) is 6.43. The summed E-state index contributed by atoms with van der Waals surface area (Å²) in [5.41, 5.74) is 3.22. The number of ether oxygens (including phenoxy) is 1. The van der Waals surface area contributed by atoms with Crippen LogP contribution in [0.15, 0.2) is 30.3 Å². The highest BCUT2D eigenvalue weighted by molar-refractivity contribution is 5.94. The Morgan fingerprint density at radius 3 is 2.30 bits per heavy atom. The van der Waals surface area contributed by atoms with Crippen LogP contribution in [0.25, 0.3) is 0 Å². The van der Waals surface area contributed by atoms with Crippen molar-refractivity contribution in [1.82, 2.24) is 19.6 Å². The molecule has 1 aliphatic carbocycles. The molecule has 1 spiro atoms. The van der Waals surface area contributed by atoms with E-state index in [2.05, 4.69) is 22.1 Å². The molecule has 3 aliphatic heterocycles. The SMILES string of the molecule is Cn1nc(C(=O)N2CCCC2)c2c1CC1(CCN(C(=O)C3(c4ccccc4)CC3)CC1)OC2. The van der Waals surface area contributed by atoms with E-state index in [0.29, 0.717) is 12.3 Å². The molecule has 2 amide bonds. The maximum atomic E-state index is 13.4. The van der Waals surface area contributed by atoms with E-state index in [1.807, 2.05) is 34.8 Å². The third kappa shape index (κ3) is 3.39. The van der Waals surface area contributed by atoms with E-state index in [-0.39, 0.29) is 22.8 Å². The van der Waals surface area contributed by atoms with E-state index in [1.165, 1.54) is 0 Å². The summed E-state index contributed by atoms with van der Waals surface area (Å²) in [4.78, 5) is 30.4. The van der Waals surface area contributed by atoms with Crippen LogP contribution >= 0.6 is 0 Å². The molecule has 1 saturated carbocycles. The predicted octanol–water partition coefficient (Wildman–Crippen LogP) is 2.82. The van der Waals surface area contributed by atoms with Crippen molar-refractivity contribution in [2.24, 2.45) is 7.05 Å². The first-order valence-corrected chi connectivity index (χ1v) is 12.3. The number of likely N-dealkylation sites (tertiary alicyclic amines) is 2. The number of rotatable bonds is 3. The van der Waals surface area contributed by atoms with E-state index in [9.17, 15) is 9.59 Å². The summed E-state index contributed by atoms with van der Waals surface area (Å²) in [7, 11) is 1.94. The lowest BCUT2D eigenvalue weighted by atomic mass is 9.83. The number of aromatic nitrogens is 2. The van der Waals surface area contributed by atoms with E-state index >= 15 is 0 Å². The molecule has 2 saturated heterocycles. The maximum absolute atomic E-state index is 13.4. The molecule has 33 heavy (non-hydrogen) atoms. The second-order valence-electron chi connectivity index (χ2n) is 10.3. The van der Waals surface area contributed by atoms with Crippen molar-refractivity contribution >= 4 is 11.8 Å². The van der Waals surface area contributed by atoms with Crippen LogP contribution in [-0.2, 0) is 35.0 Å². The summed E-state index contributed by atoms with van der Waals surface area (Å²) in [6.45, 7) is 3.52. The number of hydrogen-bond donors (Lipinski definition) is 0. The third-order valence-electron chi connectivity index (χ3n) is 8.33. The van der Waals surface area contributed by atoms with Crippen LogP contribution in [0.1, 0.15) is 65.8 Å². The standard InChI is InChI=1S/C26H32N4O3/c1-28-21-17-25(33-18-20(21)22(27-28)23(31)29-13-5-6-14-29)11-15-30(16-12-25)24(32)26(9-10-26)19-7-3-2-4-8-19/h2-4,7-8H,5-6,9-18H2,1H3. The normalized spacial score (nSPS) is 22.9. The molecule has 0 unspecified atom stereocenters. The van der Waals surface area contributed by atoms with Gasteiger partial charge in [-0.3, -0.25) is 14.3 Å². The molecular formula is C26H32N4O3. The van der Waals surface area contributed by atoms with Crippen LogP contribution < -0.4 is 0 Å². The molecular weight excluding hydrogens is 416 g/mol. The molecule has 6 rings (SSSR count). The first-order chi connectivity index (χ1) is 16.0. The molecule has 7 heteroatoms. The van der Waals surface area contributed by atoms with Gasteiger partial charge in [0, 0.05) is 50.9 Å². The Hall–Kier alpha value is -2.67. The highest BCUT2D eigenvalue weighted by Gasteiger charge is 2.54. The molecule has 4 aliphatic rings. The Labute approximate surface area is 194 Å². The van der Waals surface area contributed by atoms with E-state index in [4.69, 9.17) is 4.74 Å². The van der Waals surface area contributed by atoms with Gasteiger partial charge in [-0.15, -0.1) is 0 Å². The van der Waals surface area contributed by atoms with E-state index < -0.39 is 0 Å². The Morgan fingerprint density at radius 1 is 0.939 bits per heavy atom. The quantitative estimate of drug-likeness (QED) is 0.724. The van der Waals surface area contributed by atoms with Crippen LogP contribution in [-0.4, -0.2) is 63.2 Å². The Bertz CT molecular complexity index is 1070. The summed E-state index contributed by atoms with van der Waals surface area (Å²) in [5, 5.41) is 4.61. The van der Waals surface area contributed by atoms with Crippen molar-refractivity contribution in [1.29, 1.82) is 0 Å². The zero-order valence-corrected chi connectivity index (χ0v) is 19.4. The van der Waals surface area contributed by atoms with Gasteiger partial charge in [-0.2, -0.15) is 5.10 Å². The maximum Gasteiger partial charge on any atom is 0.274 e. The molecule has 1 aromatic carbocycles. The number of carbonyl (C=O) groups is 2. The van der Waals surface area contributed by atoms with Gasteiger partial charge in [-0.1, -0.05) is 30.3 Å². The first kappa shape index (κ1) is 20.9. The Morgan fingerprint density at radius 2 is 1.64 bits per heavy atom. The summed E-state index contributed by atoms with van der Waals surface area (Å²) >= 11 is 0. The smallest absolute Gasteiger partial charge is 0.274 e. The van der Waals surface area contributed by atoms with Crippen molar-refractivity contribution in [2.45, 2.75) is 62.6 Å². The minimum atomic E-state index is -0.306. The summed E-state index contributed by atoms with van der Waals surface area (Å²) < 4.78 is 8.34. The Balaban J connectivity index is 1.15. The molecule has 174 valence electrons. The number of benzene rings is 1. The molecule has 3 fully saturated rings. The number of piperidine rings is 1. The van der Waals surface area contributed by atoms with E-state index in [0.717, 1.165) is 87.9 Å². The first-order valence-electron chi connectivity index (χ1n) is 12.3. The number of hydrogen-bond acceptors (Lipinski definition) is 4. The number of nitrogens with zero attached hydrogens (tertiary/aromatic N) is 4. The number of aryl methyl sites for hydroxylation is 1. The van der Waals surface area contributed by atoms with Gasteiger partial charge in [0.25, 0.3) is 5.91 Å². The van der Waals surface area contributed by atoms with Gasteiger partial charge in [-0.05, 0) is 44.1 Å². The van der Waals surface area contributed by atoms with Crippen molar-refractivity contribution in [3.8, 4) is 0 Å². The fourth-order valence-electron chi connectivity index (χ4n) is 6.05. The van der Waals surface area contributed by atoms with Gasteiger partial charge in [-0.25, -0.2) is 0 Å². The second kappa shape index (κ2) is 7.69. The summed E-state index contributed by atoms with van der Waals surface area (Å²) in [6, 6.07) is 10.2. The van der Waals surface area contributed by atoms with Gasteiger partial charge < -0.3 is 14.5 Å². The fourth-order valence-corrected chi connectivity index (χ4v) is 6.05. The Kier molecular flexibility index (Phi) is 4.87. The minimum absolute atomic E-state index is 0.0416. The molecule has 0 radical (unpaired) electrons. The molecule has 0 atom stereocenters. The molecule has 1 aromatic heterocycles. The number of carbonyl (C=O) groups excluding carboxylic acids is 2. The average Bonchev–Trinajstić information content (AvgIpc) is 3.35. The predicted molar refractivity (Wildman–Crippen MR) is 123 cm³/mol. The third-order valence-corrected chi connectivity index (χ3v) is 8.33. The molecule has 2 aromatic rings. The zero-order chi connectivity index (χ0) is 22.6. The molecule has 0 N–H and O–H groups in total. The largest absolute Gasteiger partial charge is 0.370 e. The molecule has 7 nitrogen and oxygen atoms in total. The number of fused-ring (bicyclic) bond motifs is 1. The van der Waals surface area contributed by atoms with Gasteiger partial charge in [0.15, 0.2) is 5.69 Å². The van der Waals surface area contributed by atoms with Gasteiger partial charge >= 0.3 is 0 Å². The lowest BCUT2D eigenvalue weighted by Crippen LogP contribution is -2.52. The van der Waals surface area contributed by atoms with Crippen LogP contribution in [0, 0.1) is 0 Å². The van der Waals surface area contributed by atoms with Crippen LogP contribution in [0.5, 0.6) is 0 Å². The van der Waals surface area contributed by atoms with Crippen LogP contribution in [0.3, 0.4) is 0 Å². The zero-order valence-electron chi connectivity index (χ0n) is 19.4.